The van der Waals surface area contributed by atoms with Crippen molar-refractivity contribution in [2.75, 3.05) is 26.9 Å². The molecule has 1 aromatic heterocycles. The van der Waals surface area contributed by atoms with Gasteiger partial charge in [-0.3, -0.25) is 0 Å². The Morgan fingerprint density at radius 2 is 2.59 bits per heavy atom. The van der Waals surface area contributed by atoms with Crippen molar-refractivity contribution in [3.63, 3.8) is 0 Å². The Balaban J connectivity index is 1.67. The highest BCUT2D eigenvalue weighted by Crippen LogP contribution is 2.16. The van der Waals surface area contributed by atoms with E-state index in [2.05, 4.69) is 10.4 Å². The molecule has 2 heterocycles. The number of hydrogen-bond donors (Lipinski definition) is 1. The lowest BCUT2D eigenvalue weighted by Crippen LogP contribution is -2.34. The highest BCUT2D eigenvalue weighted by molar-refractivity contribution is 5.66. The van der Waals surface area contributed by atoms with Crippen LogP contribution in [0.4, 0.5) is 4.79 Å². The molecule has 0 aromatic carbocycles. The van der Waals surface area contributed by atoms with Gasteiger partial charge in [-0.05, 0) is 0 Å². The van der Waals surface area contributed by atoms with Crippen LogP contribution in [-0.2, 0) is 16.0 Å². The van der Waals surface area contributed by atoms with E-state index in [4.69, 9.17) is 14.2 Å². The molecule has 94 valence electrons. The molecule has 17 heavy (non-hydrogen) atoms. The van der Waals surface area contributed by atoms with Crippen molar-refractivity contribution in [1.82, 2.24) is 15.1 Å². The van der Waals surface area contributed by atoms with Gasteiger partial charge in [-0.2, -0.15) is 5.10 Å². The van der Waals surface area contributed by atoms with E-state index in [0.717, 1.165) is 5.88 Å². The number of ether oxygens (including phenoxy) is 3. The lowest BCUT2D eigenvalue weighted by atomic mass is 10.3. The molecule has 0 bridgehead atoms. The van der Waals surface area contributed by atoms with E-state index in [1.54, 1.807) is 10.9 Å². The Bertz CT molecular complexity index is 379. The quantitative estimate of drug-likeness (QED) is 0.752. The molecule has 7 nitrogen and oxygen atoms in total. The Morgan fingerprint density at radius 3 is 3.41 bits per heavy atom. The summed E-state index contributed by atoms with van der Waals surface area (Å²) in [6, 6.07) is 1.81. The summed E-state index contributed by atoms with van der Waals surface area (Å²) in [5.41, 5.74) is 0. The number of nitrogens with one attached hydrogen (secondary N) is 1. The van der Waals surface area contributed by atoms with Gasteiger partial charge in [0.2, 0.25) is 5.88 Å². The molecule has 1 aliphatic rings. The lowest BCUT2D eigenvalue weighted by Gasteiger charge is -2.24. The van der Waals surface area contributed by atoms with Crippen LogP contribution in [0, 0.1) is 0 Å². The molecular weight excluding hydrogens is 226 g/mol. The smallest absolute Gasteiger partial charge is 0.406 e. The number of amides is 1. The van der Waals surface area contributed by atoms with Crippen molar-refractivity contribution in [3.05, 3.63) is 12.3 Å². The van der Waals surface area contributed by atoms with Crippen LogP contribution >= 0.6 is 0 Å². The zero-order valence-corrected chi connectivity index (χ0v) is 9.59. The fourth-order valence-electron chi connectivity index (χ4n) is 1.53. The molecule has 0 saturated heterocycles. The maximum atomic E-state index is 10.8. The molecule has 0 saturated carbocycles. The Morgan fingerprint density at radius 1 is 1.71 bits per heavy atom. The normalized spacial score (nSPS) is 18.1. The fraction of sp³-hybridized carbons (Fsp3) is 0.600. The van der Waals surface area contributed by atoms with E-state index in [-0.39, 0.29) is 12.7 Å². The van der Waals surface area contributed by atoms with Crippen LogP contribution in [0.3, 0.4) is 0 Å². The molecule has 0 fully saturated rings. The number of carbonyl (C=O) groups excluding carboxylic acids is 1. The van der Waals surface area contributed by atoms with Crippen LogP contribution in [0.25, 0.3) is 0 Å². The second-order valence-electron chi connectivity index (χ2n) is 3.54. The molecular formula is C10H15N3O4. The van der Waals surface area contributed by atoms with Gasteiger partial charge in [-0.25, -0.2) is 9.48 Å². The summed E-state index contributed by atoms with van der Waals surface area (Å²) in [6.45, 7) is 1.72. The van der Waals surface area contributed by atoms with Gasteiger partial charge >= 0.3 is 6.09 Å². The molecule has 0 unspecified atom stereocenters. The molecule has 1 amide bonds. The van der Waals surface area contributed by atoms with Gasteiger partial charge in [-0.1, -0.05) is 0 Å². The predicted molar refractivity (Wildman–Crippen MR) is 57.9 cm³/mol. The molecule has 1 aliphatic heterocycles. The zero-order chi connectivity index (χ0) is 12.1. The largest absolute Gasteiger partial charge is 0.475 e. The van der Waals surface area contributed by atoms with Gasteiger partial charge in [0, 0.05) is 13.1 Å². The number of rotatable bonds is 4. The first-order valence-corrected chi connectivity index (χ1v) is 5.40. The highest BCUT2D eigenvalue weighted by Gasteiger charge is 2.20. The van der Waals surface area contributed by atoms with Crippen molar-refractivity contribution in [2.24, 2.45) is 0 Å². The number of fused-ring (bicyclic) bond motifs is 1. The number of aromatic nitrogens is 2. The summed E-state index contributed by atoms with van der Waals surface area (Å²) in [7, 11) is 1.51. The minimum absolute atomic E-state index is 0.0595. The van der Waals surface area contributed by atoms with Crippen LogP contribution in [0.15, 0.2) is 12.3 Å². The molecule has 7 heteroatoms. The maximum absolute atomic E-state index is 10.8. The van der Waals surface area contributed by atoms with E-state index < -0.39 is 6.09 Å². The van der Waals surface area contributed by atoms with E-state index in [9.17, 15) is 4.79 Å². The molecule has 0 aliphatic carbocycles. The van der Waals surface area contributed by atoms with Crippen LogP contribution in [-0.4, -0.2) is 48.8 Å². The lowest BCUT2D eigenvalue weighted by molar-refractivity contribution is -0.0272. The van der Waals surface area contributed by atoms with Gasteiger partial charge in [-0.15, -0.1) is 0 Å². The molecule has 0 spiro atoms. The summed E-state index contributed by atoms with van der Waals surface area (Å²) in [5.74, 6) is 0.756. The molecule has 1 aromatic rings. The monoisotopic (exact) mass is 241 g/mol. The summed E-state index contributed by atoms with van der Waals surface area (Å²) in [4.78, 5) is 10.8. The SMILES string of the molecule is CNC(=O)OCCO[C@@H]1COc2ccnn2C1. The maximum Gasteiger partial charge on any atom is 0.406 e. The average molecular weight is 241 g/mol. The first-order chi connectivity index (χ1) is 8.29. The van der Waals surface area contributed by atoms with Gasteiger partial charge in [0.1, 0.15) is 19.3 Å². The molecule has 0 radical (unpaired) electrons. The third kappa shape index (κ3) is 3.10. The number of alkyl carbamates (subject to hydrolysis) is 1. The minimum Gasteiger partial charge on any atom is -0.475 e. The predicted octanol–water partition coefficient (Wildman–Crippen LogP) is 0.0167. The Hall–Kier alpha value is -1.76. The Labute approximate surface area is 98.6 Å². The standard InChI is InChI=1S/C10H15N3O4/c1-11-10(14)16-5-4-15-8-6-13-9(17-7-8)2-3-12-13/h2-3,8H,4-7H2,1H3,(H,11,14)/t8-/m0/s1. The van der Waals surface area contributed by atoms with Crippen molar-refractivity contribution < 1.29 is 19.0 Å². The summed E-state index contributed by atoms with van der Waals surface area (Å²) < 4.78 is 17.5. The van der Waals surface area contributed by atoms with Crippen LogP contribution in [0.5, 0.6) is 5.88 Å². The van der Waals surface area contributed by atoms with Gasteiger partial charge in [0.05, 0.1) is 19.3 Å². The minimum atomic E-state index is -0.456. The Kier molecular flexibility index (Phi) is 3.81. The average Bonchev–Trinajstić information content (AvgIpc) is 2.81. The van der Waals surface area contributed by atoms with Crippen LogP contribution in [0.1, 0.15) is 0 Å². The van der Waals surface area contributed by atoms with Crippen molar-refractivity contribution >= 4 is 6.09 Å². The summed E-state index contributed by atoms with van der Waals surface area (Å²) in [5, 5.41) is 6.45. The zero-order valence-electron chi connectivity index (χ0n) is 9.59. The second kappa shape index (κ2) is 5.53. The van der Waals surface area contributed by atoms with Crippen LogP contribution < -0.4 is 10.1 Å². The topological polar surface area (TPSA) is 74.6 Å². The first kappa shape index (κ1) is 11.7. The molecule has 1 atom stereocenters. The van der Waals surface area contributed by atoms with Crippen molar-refractivity contribution in [1.29, 1.82) is 0 Å². The van der Waals surface area contributed by atoms with Crippen LogP contribution in [0.2, 0.25) is 0 Å². The summed E-state index contributed by atoms with van der Waals surface area (Å²) in [6.07, 6.45) is 1.17. The third-order valence-corrected chi connectivity index (χ3v) is 2.35. The second-order valence-corrected chi connectivity index (χ2v) is 3.54. The van der Waals surface area contributed by atoms with Crippen molar-refractivity contribution in [3.8, 4) is 5.88 Å². The third-order valence-electron chi connectivity index (χ3n) is 2.35. The van der Waals surface area contributed by atoms with E-state index >= 15 is 0 Å². The summed E-state index contributed by atoms with van der Waals surface area (Å²) >= 11 is 0. The van der Waals surface area contributed by atoms with Gasteiger partial charge < -0.3 is 19.5 Å². The molecule has 1 N–H and O–H groups in total. The number of nitrogens with zero attached hydrogens (tertiary/aromatic N) is 2. The number of carbonyl (C=O) groups is 1. The van der Waals surface area contributed by atoms with E-state index in [0.29, 0.717) is 19.8 Å². The first-order valence-electron chi connectivity index (χ1n) is 5.40. The van der Waals surface area contributed by atoms with Crippen molar-refractivity contribution in [2.45, 2.75) is 12.6 Å². The van der Waals surface area contributed by atoms with Gasteiger partial charge in [0.25, 0.3) is 0 Å². The number of hydrogen-bond acceptors (Lipinski definition) is 5. The molecule has 2 rings (SSSR count). The van der Waals surface area contributed by atoms with E-state index in [1.165, 1.54) is 7.05 Å². The van der Waals surface area contributed by atoms with E-state index in [1.807, 2.05) is 6.07 Å². The highest BCUT2D eigenvalue weighted by atomic mass is 16.6. The van der Waals surface area contributed by atoms with Gasteiger partial charge in [0.15, 0.2) is 0 Å². The fourth-order valence-corrected chi connectivity index (χ4v) is 1.53.